The van der Waals surface area contributed by atoms with Gasteiger partial charge in [0.1, 0.15) is 0 Å². The van der Waals surface area contributed by atoms with Gasteiger partial charge in [-0.15, -0.1) is 0 Å². The molecule has 0 unspecified atom stereocenters. The number of aliphatic carboxylic acids is 1. The molecular weight excluding hydrogens is 356 g/mol. The molecule has 0 bridgehead atoms. The molecule has 0 spiro atoms. The van der Waals surface area contributed by atoms with Crippen molar-refractivity contribution < 1.29 is 19.5 Å². The molecule has 2 atom stereocenters. The number of carbonyl (C=O) groups excluding carboxylic acids is 2. The van der Waals surface area contributed by atoms with Crippen molar-refractivity contribution in [1.82, 2.24) is 5.32 Å². The quantitative estimate of drug-likeness (QED) is 0.715. The number of benzene rings is 2. The van der Waals surface area contributed by atoms with Gasteiger partial charge < -0.3 is 15.7 Å². The number of carbonyl (C=O) groups is 3. The lowest BCUT2D eigenvalue weighted by Gasteiger charge is -2.27. The molecule has 6 nitrogen and oxygen atoms in total. The van der Waals surface area contributed by atoms with E-state index >= 15 is 0 Å². The van der Waals surface area contributed by atoms with Crippen molar-refractivity contribution in [3.63, 3.8) is 0 Å². The van der Waals surface area contributed by atoms with Crippen LogP contribution in [0.3, 0.4) is 0 Å². The van der Waals surface area contributed by atoms with Gasteiger partial charge in [0.25, 0.3) is 5.91 Å². The number of nitrogens with one attached hydrogen (secondary N) is 2. The number of hydrogen-bond acceptors (Lipinski definition) is 3. The van der Waals surface area contributed by atoms with Gasteiger partial charge in [-0.3, -0.25) is 14.4 Å². The summed E-state index contributed by atoms with van der Waals surface area (Å²) in [5.74, 6) is -2.52. The fourth-order valence-electron chi connectivity index (χ4n) is 3.56. The smallest absolute Gasteiger partial charge is 0.307 e. The second-order valence-electron chi connectivity index (χ2n) is 7.07. The van der Waals surface area contributed by atoms with E-state index in [2.05, 4.69) is 10.6 Å². The molecule has 0 aromatic heterocycles. The molecule has 28 heavy (non-hydrogen) atoms. The van der Waals surface area contributed by atoms with E-state index in [0.29, 0.717) is 30.6 Å². The zero-order valence-electron chi connectivity index (χ0n) is 15.6. The molecular formula is C22H24N2O4. The van der Waals surface area contributed by atoms with E-state index in [4.69, 9.17) is 0 Å². The highest BCUT2D eigenvalue weighted by molar-refractivity contribution is 5.97. The van der Waals surface area contributed by atoms with Crippen LogP contribution in [0.2, 0.25) is 0 Å². The summed E-state index contributed by atoms with van der Waals surface area (Å²) >= 11 is 0. The Kier molecular flexibility index (Phi) is 6.42. The summed E-state index contributed by atoms with van der Waals surface area (Å²) in [6.45, 7) is 0.441. The van der Waals surface area contributed by atoms with Gasteiger partial charge in [0.15, 0.2) is 0 Å². The van der Waals surface area contributed by atoms with Crippen LogP contribution in [-0.2, 0) is 16.1 Å². The largest absolute Gasteiger partial charge is 0.481 e. The first-order valence-electron chi connectivity index (χ1n) is 9.50. The molecule has 3 N–H and O–H groups in total. The molecule has 1 aliphatic rings. The number of anilines is 1. The monoisotopic (exact) mass is 380 g/mol. The number of carboxylic acids is 1. The highest BCUT2D eigenvalue weighted by Gasteiger charge is 2.35. The Morgan fingerprint density at radius 2 is 1.54 bits per heavy atom. The third-order valence-electron chi connectivity index (χ3n) is 5.13. The predicted molar refractivity (Wildman–Crippen MR) is 106 cm³/mol. The number of hydrogen-bond donors (Lipinski definition) is 3. The zero-order chi connectivity index (χ0) is 19.9. The average molecular weight is 380 g/mol. The fourth-order valence-corrected chi connectivity index (χ4v) is 3.56. The van der Waals surface area contributed by atoms with E-state index in [-0.39, 0.29) is 11.8 Å². The van der Waals surface area contributed by atoms with Crippen molar-refractivity contribution in [3.8, 4) is 0 Å². The van der Waals surface area contributed by atoms with Crippen LogP contribution in [0, 0.1) is 11.8 Å². The lowest BCUT2D eigenvalue weighted by atomic mass is 9.78. The van der Waals surface area contributed by atoms with Crippen LogP contribution in [0.4, 0.5) is 5.69 Å². The maximum absolute atomic E-state index is 12.5. The third-order valence-corrected chi connectivity index (χ3v) is 5.13. The summed E-state index contributed by atoms with van der Waals surface area (Å²) < 4.78 is 0. The van der Waals surface area contributed by atoms with Crippen molar-refractivity contribution in [2.75, 3.05) is 5.32 Å². The molecule has 2 aromatic carbocycles. The molecule has 1 aliphatic carbocycles. The van der Waals surface area contributed by atoms with Gasteiger partial charge in [-0.05, 0) is 42.7 Å². The molecule has 3 rings (SSSR count). The SMILES string of the molecule is O=C(NCc1ccccc1)c1ccc(NC(=O)[C@H]2CCCC[C@@H]2C(=O)O)cc1. The van der Waals surface area contributed by atoms with Crippen LogP contribution in [0.25, 0.3) is 0 Å². The van der Waals surface area contributed by atoms with Crippen LogP contribution in [0.15, 0.2) is 54.6 Å². The Bertz CT molecular complexity index is 833. The summed E-state index contributed by atoms with van der Waals surface area (Å²) in [5.41, 5.74) is 2.06. The lowest BCUT2D eigenvalue weighted by molar-refractivity contribution is -0.147. The summed E-state index contributed by atoms with van der Waals surface area (Å²) in [7, 11) is 0. The number of rotatable bonds is 6. The minimum Gasteiger partial charge on any atom is -0.481 e. The topological polar surface area (TPSA) is 95.5 Å². The fraction of sp³-hybridized carbons (Fsp3) is 0.318. The van der Waals surface area contributed by atoms with E-state index in [9.17, 15) is 19.5 Å². The first-order chi connectivity index (χ1) is 13.5. The summed E-state index contributed by atoms with van der Waals surface area (Å²) in [6, 6.07) is 16.2. The van der Waals surface area contributed by atoms with Crippen LogP contribution >= 0.6 is 0 Å². The van der Waals surface area contributed by atoms with Gasteiger partial charge in [-0.1, -0.05) is 43.2 Å². The van der Waals surface area contributed by atoms with Crippen LogP contribution in [0.5, 0.6) is 0 Å². The Morgan fingerprint density at radius 1 is 0.893 bits per heavy atom. The van der Waals surface area contributed by atoms with Crippen LogP contribution < -0.4 is 10.6 Å². The van der Waals surface area contributed by atoms with Gasteiger partial charge in [-0.25, -0.2) is 0 Å². The highest BCUT2D eigenvalue weighted by atomic mass is 16.4. The molecule has 1 fully saturated rings. The Balaban J connectivity index is 1.57. The van der Waals surface area contributed by atoms with Crippen molar-refractivity contribution >= 4 is 23.5 Å². The highest BCUT2D eigenvalue weighted by Crippen LogP contribution is 2.31. The summed E-state index contributed by atoms with van der Waals surface area (Å²) in [5, 5.41) is 15.0. The van der Waals surface area contributed by atoms with Gasteiger partial charge in [0, 0.05) is 17.8 Å². The van der Waals surface area contributed by atoms with Gasteiger partial charge in [-0.2, -0.15) is 0 Å². The second-order valence-corrected chi connectivity index (χ2v) is 7.07. The standard InChI is InChI=1S/C22H24N2O4/c25-20(23-14-15-6-2-1-3-7-15)16-10-12-17(13-11-16)24-21(26)18-8-4-5-9-19(18)22(27)28/h1-3,6-7,10-13,18-19H,4-5,8-9,14H2,(H,23,25)(H,24,26)(H,27,28)/t18-,19-/m0/s1. The minimum absolute atomic E-state index is 0.194. The van der Waals surface area contributed by atoms with Crippen LogP contribution in [0.1, 0.15) is 41.6 Å². The first-order valence-corrected chi connectivity index (χ1v) is 9.50. The van der Waals surface area contributed by atoms with Gasteiger partial charge in [0.2, 0.25) is 5.91 Å². The molecule has 6 heteroatoms. The van der Waals surface area contributed by atoms with E-state index in [1.807, 2.05) is 30.3 Å². The summed E-state index contributed by atoms with van der Waals surface area (Å²) in [4.78, 5) is 36.1. The second kappa shape index (κ2) is 9.17. The maximum Gasteiger partial charge on any atom is 0.307 e. The average Bonchev–Trinajstić information content (AvgIpc) is 2.73. The molecule has 0 aliphatic heterocycles. The minimum atomic E-state index is -0.912. The predicted octanol–water partition coefficient (Wildman–Crippen LogP) is 3.45. The third kappa shape index (κ3) is 4.97. The Labute approximate surface area is 164 Å². The molecule has 0 heterocycles. The molecule has 0 radical (unpaired) electrons. The number of carboxylic acid groups (broad SMARTS) is 1. The normalized spacial score (nSPS) is 18.9. The first kappa shape index (κ1) is 19.6. The maximum atomic E-state index is 12.5. The van der Waals surface area contributed by atoms with Crippen molar-refractivity contribution in [2.45, 2.75) is 32.2 Å². The van der Waals surface area contributed by atoms with Gasteiger partial charge in [0.05, 0.1) is 11.8 Å². The zero-order valence-corrected chi connectivity index (χ0v) is 15.6. The van der Waals surface area contributed by atoms with E-state index in [1.165, 1.54) is 0 Å². The van der Waals surface area contributed by atoms with Crippen molar-refractivity contribution in [1.29, 1.82) is 0 Å². The van der Waals surface area contributed by atoms with Crippen molar-refractivity contribution in [3.05, 3.63) is 65.7 Å². The van der Waals surface area contributed by atoms with E-state index in [1.54, 1.807) is 24.3 Å². The molecule has 1 saturated carbocycles. The Morgan fingerprint density at radius 3 is 2.18 bits per heavy atom. The summed E-state index contributed by atoms with van der Waals surface area (Å²) in [6.07, 6.45) is 2.83. The molecule has 146 valence electrons. The van der Waals surface area contributed by atoms with Crippen molar-refractivity contribution in [2.24, 2.45) is 11.8 Å². The van der Waals surface area contributed by atoms with Gasteiger partial charge >= 0.3 is 5.97 Å². The van der Waals surface area contributed by atoms with E-state index in [0.717, 1.165) is 18.4 Å². The van der Waals surface area contributed by atoms with E-state index < -0.39 is 17.8 Å². The molecule has 2 aromatic rings. The lowest BCUT2D eigenvalue weighted by Crippen LogP contribution is -2.36. The number of amides is 2. The van der Waals surface area contributed by atoms with Crippen LogP contribution in [-0.4, -0.2) is 22.9 Å². The molecule has 0 saturated heterocycles. The molecule has 2 amide bonds. The Hall–Kier alpha value is -3.15.